The van der Waals surface area contributed by atoms with Gasteiger partial charge in [0.1, 0.15) is 22.8 Å². The second kappa shape index (κ2) is 10.7. The number of carbonyl (C=O) groups excluding carboxylic acids is 1. The number of nitrogens with zero attached hydrogens (tertiary/aromatic N) is 3. The molecule has 0 unspecified atom stereocenters. The zero-order chi connectivity index (χ0) is 25.7. The van der Waals surface area contributed by atoms with Crippen molar-refractivity contribution in [1.29, 1.82) is 0 Å². The second-order valence-electron chi connectivity index (χ2n) is 8.29. The van der Waals surface area contributed by atoms with Crippen molar-refractivity contribution in [2.75, 3.05) is 7.11 Å². The minimum atomic E-state index is -4.75. The van der Waals surface area contributed by atoms with E-state index in [-0.39, 0.29) is 18.1 Å². The summed E-state index contributed by atoms with van der Waals surface area (Å²) in [6.07, 6.45) is -2.42. The first-order valence-electron chi connectivity index (χ1n) is 11.3. The van der Waals surface area contributed by atoms with Crippen LogP contribution in [-0.4, -0.2) is 33.9 Å². The molecule has 2 aromatic carbocycles. The number of amides is 1. The Kier molecular flexibility index (Phi) is 7.42. The van der Waals surface area contributed by atoms with E-state index in [1.165, 1.54) is 12.1 Å². The van der Waals surface area contributed by atoms with Gasteiger partial charge in [0.15, 0.2) is 5.65 Å². The molecule has 0 fully saturated rings. The summed E-state index contributed by atoms with van der Waals surface area (Å²) in [6.45, 7) is 2.64. The summed E-state index contributed by atoms with van der Waals surface area (Å²) in [5, 5.41) is 2.91. The molecule has 2 heterocycles. The highest BCUT2D eigenvalue weighted by Crippen LogP contribution is 2.24. The molecule has 2 aromatic heterocycles. The first-order chi connectivity index (χ1) is 17.2. The van der Waals surface area contributed by atoms with Crippen LogP contribution in [0.1, 0.15) is 28.9 Å². The largest absolute Gasteiger partial charge is 0.573 e. The molecule has 7 nitrogen and oxygen atoms in total. The summed E-state index contributed by atoms with van der Waals surface area (Å²) >= 11 is 0. The van der Waals surface area contributed by atoms with Crippen molar-refractivity contribution in [2.45, 2.75) is 39.2 Å². The minimum absolute atomic E-state index is 0.123. The number of methoxy groups -OCH3 is 1. The van der Waals surface area contributed by atoms with E-state index in [2.05, 4.69) is 20.0 Å². The van der Waals surface area contributed by atoms with E-state index in [4.69, 9.17) is 4.74 Å². The number of benzene rings is 2. The number of imidazole rings is 1. The summed E-state index contributed by atoms with van der Waals surface area (Å²) in [7, 11) is 1.60. The highest BCUT2D eigenvalue weighted by molar-refractivity contribution is 5.76. The Hall–Kier alpha value is -4.08. The Bertz CT molecular complexity index is 1330. The summed E-state index contributed by atoms with van der Waals surface area (Å²) < 4.78 is 48.3. The number of carbonyl (C=O) groups is 1. The normalized spacial score (nSPS) is 11.5. The van der Waals surface area contributed by atoms with Gasteiger partial charge in [-0.1, -0.05) is 24.3 Å². The predicted octanol–water partition coefficient (Wildman–Crippen LogP) is 4.94. The smallest absolute Gasteiger partial charge is 0.497 e. The van der Waals surface area contributed by atoms with Crippen LogP contribution in [0.2, 0.25) is 0 Å². The van der Waals surface area contributed by atoms with Gasteiger partial charge in [0.2, 0.25) is 5.91 Å². The van der Waals surface area contributed by atoms with Crippen LogP contribution in [0.4, 0.5) is 13.2 Å². The van der Waals surface area contributed by atoms with Crippen molar-refractivity contribution in [3.63, 3.8) is 0 Å². The van der Waals surface area contributed by atoms with Gasteiger partial charge < -0.3 is 19.4 Å². The van der Waals surface area contributed by atoms with Crippen LogP contribution >= 0.6 is 0 Å². The Labute approximate surface area is 205 Å². The molecule has 1 N–H and O–H groups in total. The average molecular weight is 499 g/mol. The van der Waals surface area contributed by atoms with Crippen LogP contribution in [0, 0.1) is 6.92 Å². The number of alkyl halides is 3. The second-order valence-corrected chi connectivity index (χ2v) is 8.29. The van der Waals surface area contributed by atoms with E-state index in [0.29, 0.717) is 36.5 Å². The first-order valence-corrected chi connectivity index (χ1v) is 11.3. The molecule has 0 saturated carbocycles. The highest BCUT2D eigenvalue weighted by Gasteiger charge is 2.31. The van der Waals surface area contributed by atoms with Gasteiger partial charge in [-0.05, 0) is 53.9 Å². The van der Waals surface area contributed by atoms with Gasteiger partial charge in [0, 0.05) is 25.6 Å². The van der Waals surface area contributed by atoms with Crippen LogP contribution in [0.5, 0.6) is 11.5 Å². The highest BCUT2D eigenvalue weighted by atomic mass is 19.4. The van der Waals surface area contributed by atoms with Gasteiger partial charge in [-0.25, -0.2) is 9.97 Å². The molecule has 0 aliphatic carbocycles. The van der Waals surface area contributed by atoms with E-state index in [9.17, 15) is 18.0 Å². The molecule has 36 heavy (non-hydrogen) atoms. The molecule has 0 saturated heterocycles. The molecule has 1 amide bonds. The van der Waals surface area contributed by atoms with Gasteiger partial charge in [0.05, 0.1) is 13.7 Å². The van der Waals surface area contributed by atoms with Crippen LogP contribution in [-0.2, 0) is 24.3 Å². The lowest BCUT2D eigenvalue weighted by molar-refractivity contribution is -0.274. The number of aryl methyl sites for hydroxylation is 2. The van der Waals surface area contributed by atoms with Crippen molar-refractivity contribution >= 4 is 17.1 Å². The molecule has 0 radical (unpaired) electrons. The molecule has 0 spiro atoms. The number of pyridine rings is 1. The monoisotopic (exact) mass is 498 g/mol. The van der Waals surface area contributed by atoms with Crippen molar-refractivity contribution in [3.8, 4) is 11.5 Å². The molecule has 4 aromatic rings. The Morgan fingerprint density at radius 3 is 2.36 bits per heavy atom. The number of hydrogen-bond acceptors (Lipinski definition) is 5. The number of fused-ring (bicyclic) bond motifs is 1. The third kappa shape index (κ3) is 6.53. The van der Waals surface area contributed by atoms with Gasteiger partial charge in [0.25, 0.3) is 0 Å². The Morgan fingerprint density at radius 2 is 1.69 bits per heavy atom. The fraction of sp³-hybridized carbons (Fsp3) is 0.269. The number of rotatable bonds is 9. The maximum Gasteiger partial charge on any atom is 0.573 e. The third-order valence-electron chi connectivity index (χ3n) is 5.52. The first kappa shape index (κ1) is 25.0. The summed E-state index contributed by atoms with van der Waals surface area (Å²) in [5.41, 5.74) is 3.99. The topological polar surface area (TPSA) is 78.3 Å². The number of aromatic nitrogens is 3. The van der Waals surface area contributed by atoms with Gasteiger partial charge >= 0.3 is 6.36 Å². The minimum Gasteiger partial charge on any atom is -0.497 e. The standard InChI is InChI=1S/C26H25F3N4O3/c1-17-13-22-25(31-14-17)33(16-19-5-9-21(10-6-19)36-26(27,28)29)23(32-22)11-12-24(34)30-15-18-3-7-20(35-2)8-4-18/h3-10,13-14H,11-12,15-16H2,1-2H3,(H,30,34). The molecule has 0 aliphatic heterocycles. The molecule has 10 heteroatoms. The van der Waals surface area contributed by atoms with E-state index < -0.39 is 6.36 Å². The van der Waals surface area contributed by atoms with Crippen molar-refractivity contribution in [1.82, 2.24) is 19.9 Å². The van der Waals surface area contributed by atoms with Crippen LogP contribution in [0.25, 0.3) is 11.2 Å². The molecule has 188 valence electrons. The summed E-state index contributed by atoms with van der Waals surface area (Å²) in [6, 6.07) is 15.0. The van der Waals surface area contributed by atoms with Gasteiger partial charge in [-0.2, -0.15) is 0 Å². The molecule has 0 bridgehead atoms. The summed E-state index contributed by atoms with van der Waals surface area (Å²) in [4.78, 5) is 21.7. The Morgan fingerprint density at radius 1 is 1.03 bits per heavy atom. The van der Waals surface area contributed by atoms with Gasteiger partial charge in [-0.15, -0.1) is 13.2 Å². The van der Waals surface area contributed by atoms with Crippen LogP contribution < -0.4 is 14.8 Å². The summed E-state index contributed by atoms with van der Waals surface area (Å²) in [5.74, 6) is 1.00. The lowest BCUT2D eigenvalue weighted by atomic mass is 10.2. The molecular weight excluding hydrogens is 473 g/mol. The number of nitrogens with one attached hydrogen (secondary N) is 1. The van der Waals surface area contributed by atoms with Crippen molar-refractivity contribution < 1.29 is 27.4 Å². The maximum absolute atomic E-state index is 12.5. The van der Waals surface area contributed by atoms with E-state index in [0.717, 1.165) is 22.4 Å². The van der Waals surface area contributed by atoms with Crippen LogP contribution in [0.15, 0.2) is 60.8 Å². The van der Waals surface area contributed by atoms with E-state index >= 15 is 0 Å². The van der Waals surface area contributed by atoms with Crippen molar-refractivity contribution in [3.05, 3.63) is 83.3 Å². The Balaban J connectivity index is 1.46. The number of hydrogen-bond donors (Lipinski definition) is 1. The quantitative estimate of drug-likeness (QED) is 0.354. The molecular formula is C26H25F3N4O3. The fourth-order valence-electron chi connectivity index (χ4n) is 3.75. The SMILES string of the molecule is COc1ccc(CNC(=O)CCc2nc3cc(C)cnc3n2Cc2ccc(OC(F)(F)F)cc2)cc1. The van der Waals surface area contributed by atoms with Crippen LogP contribution in [0.3, 0.4) is 0 Å². The molecule has 0 aliphatic rings. The van der Waals surface area contributed by atoms with E-state index in [1.54, 1.807) is 25.4 Å². The zero-order valence-electron chi connectivity index (χ0n) is 19.8. The third-order valence-corrected chi connectivity index (χ3v) is 5.52. The predicted molar refractivity (Wildman–Crippen MR) is 128 cm³/mol. The lowest BCUT2D eigenvalue weighted by Crippen LogP contribution is -2.23. The number of ether oxygens (including phenoxy) is 2. The van der Waals surface area contributed by atoms with Crippen molar-refractivity contribution in [2.24, 2.45) is 0 Å². The lowest BCUT2D eigenvalue weighted by Gasteiger charge is -2.11. The fourth-order valence-corrected chi connectivity index (χ4v) is 3.75. The van der Waals surface area contributed by atoms with Gasteiger partial charge in [-0.3, -0.25) is 4.79 Å². The molecule has 4 rings (SSSR count). The zero-order valence-corrected chi connectivity index (χ0v) is 19.8. The average Bonchev–Trinajstić information content (AvgIpc) is 3.18. The number of halogens is 3. The maximum atomic E-state index is 12.5. The molecule has 0 atom stereocenters. The van der Waals surface area contributed by atoms with E-state index in [1.807, 2.05) is 41.8 Å².